The Balaban J connectivity index is 1.76. The predicted octanol–water partition coefficient (Wildman–Crippen LogP) is 3.13. The first kappa shape index (κ1) is 16.2. The molecule has 0 aliphatic carbocycles. The highest BCUT2D eigenvalue weighted by molar-refractivity contribution is 5.95. The van der Waals surface area contributed by atoms with Gasteiger partial charge >= 0.3 is 0 Å². The molecule has 3 rings (SSSR count). The molecule has 122 valence electrons. The Morgan fingerprint density at radius 3 is 2.88 bits per heavy atom. The second kappa shape index (κ2) is 7.24. The Bertz CT molecular complexity index is 792. The number of carbonyl (C=O) groups is 1. The molecule has 1 amide bonds. The minimum atomic E-state index is -0.547. The van der Waals surface area contributed by atoms with Gasteiger partial charge in [0.15, 0.2) is 0 Å². The number of hydrogen-bond donors (Lipinski definition) is 1. The molecule has 0 radical (unpaired) electrons. The molecule has 0 bridgehead atoms. The van der Waals surface area contributed by atoms with E-state index in [9.17, 15) is 9.18 Å². The van der Waals surface area contributed by atoms with Gasteiger partial charge in [0.2, 0.25) is 0 Å². The third-order valence-electron chi connectivity index (χ3n) is 4.12. The van der Waals surface area contributed by atoms with Crippen molar-refractivity contribution in [2.45, 2.75) is 6.42 Å². The van der Waals surface area contributed by atoms with Gasteiger partial charge in [-0.2, -0.15) is 5.26 Å². The molecule has 1 saturated heterocycles. The molecule has 1 heterocycles. The smallest absolute Gasteiger partial charge is 0.251 e. The number of carbonyl (C=O) groups excluding carboxylic acids is 1. The highest BCUT2D eigenvalue weighted by Gasteiger charge is 2.17. The average Bonchev–Trinajstić information content (AvgIpc) is 3.14. The molecular formula is C19H17FN2O2. The van der Waals surface area contributed by atoms with Crippen molar-refractivity contribution in [2.75, 3.05) is 19.8 Å². The topological polar surface area (TPSA) is 62.1 Å². The first-order valence-electron chi connectivity index (χ1n) is 7.83. The maximum atomic E-state index is 13.4. The van der Waals surface area contributed by atoms with Crippen LogP contribution in [0.15, 0.2) is 42.5 Å². The van der Waals surface area contributed by atoms with Gasteiger partial charge in [0, 0.05) is 24.6 Å². The van der Waals surface area contributed by atoms with Crippen LogP contribution >= 0.6 is 0 Å². The molecule has 1 fully saturated rings. The quantitative estimate of drug-likeness (QED) is 0.940. The van der Waals surface area contributed by atoms with Gasteiger partial charge in [0.25, 0.3) is 5.91 Å². The number of hydrogen-bond acceptors (Lipinski definition) is 3. The maximum Gasteiger partial charge on any atom is 0.251 e. The molecule has 5 heteroatoms. The second-order valence-electron chi connectivity index (χ2n) is 5.83. The van der Waals surface area contributed by atoms with Crippen LogP contribution < -0.4 is 5.32 Å². The van der Waals surface area contributed by atoms with Crippen molar-refractivity contribution >= 4 is 5.91 Å². The number of amides is 1. The van der Waals surface area contributed by atoms with Gasteiger partial charge in [-0.1, -0.05) is 18.2 Å². The summed E-state index contributed by atoms with van der Waals surface area (Å²) in [7, 11) is 0. The Kier molecular flexibility index (Phi) is 4.88. The molecule has 0 aromatic heterocycles. The number of nitrogens with zero attached hydrogens (tertiary/aromatic N) is 1. The molecule has 1 aliphatic rings. The van der Waals surface area contributed by atoms with E-state index in [0.717, 1.165) is 18.6 Å². The van der Waals surface area contributed by atoms with E-state index in [1.807, 2.05) is 12.1 Å². The van der Waals surface area contributed by atoms with E-state index >= 15 is 0 Å². The molecule has 1 atom stereocenters. The fourth-order valence-corrected chi connectivity index (χ4v) is 2.71. The van der Waals surface area contributed by atoms with E-state index in [1.165, 1.54) is 12.1 Å². The molecule has 24 heavy (non-hydrogen) atoms. The van der Waals surface area contributed by atoms with Crippen LogP contribution in [-0.4, -0.2) is 25.7 Å². The lowest BCUT2D eigenvalue weighted by molar-refractivity contribution is 0.0945. The lowest BCUT2D eigenvalue weighted by atomic mass is 10.0. The zero-order valence-electron chi connectivity index (χ0n) is 13.1. The van der Waals surface area contributed by atoms with E-state index in [-0.39, 0.29) is 11.5 Å². The zero-order chi connectivity index (χ0) is 16.9. The maximum absolute atomic E-state index is 13.4. The monoisotopic (exact) mass is 324 g/mol. The Hall–Kier alpha value is -2.71. The van der Waals surface area contributed by atoms with Gasteiger partial charge < -0.3 is 10.1 Å². The normalized spacial score (nSPS) is 16.6. The second-order valence-corrected chi connectivity index (χ2v) is 5.83. The van der Waals surface area contributed by atoms with Crippen LogP contribution in [0.25, 0.3) is 11.1 Å². The summed E-state index contributed by atoms with van der Waals surface area (Å²) in [5.74, 6) is -0.326. The lowest BCUT2D eigenvalue weighted by Gasteiger charge is -2.10. The summed E-state index contributed by atoms with van der Waals surface area (Å²) < 4.78 is 18.7. The number of nitriles is 1. The van der Waals surface area contributed by atoms with Gasteiger partial charge in [-0.05, 0) is 41.8 Å². The van der Waals surface area contributed by atoms with Crippen LogP contribution in [0.3, 0.4) is 0 Å². The van der Waals surface area contributed by atoms with E-state index in [4.69, 9.17) is 10.00 Å². The van der Waals surface area contributed by atoms with Gasteiger partial charge in [0.1, 0.15) is 11.9 Å². The number of halogens is 1. The Morgan fingerprint density at radius 1 is 1.29 bits per heavy atom. The van der Waals surface area contributed by atoms with Gasteiger partial charge in [-0.15, -0.1) is 0 Å². The minimum Gasteiger partial charge on any atom is -0.381 e. The molecule has 0 saturated carbocycles. The van der Waals surface area contributed by atoms with Crippen molar-refractivity contribution in [3.05, 3.63) is 59.4 Å². The highest BCUT2D eigenvalue weighted by Crippen LogP contribution is 2.23. The molecule has 2 aromatic carbocycles. The standard InChI is InChI=1S/C19H17FN2O2/c20-18-5-4-15(9-17(18)10-21)14-2-1-3-16(8-14)19(23)22-11-13-6-7-24-12-13/h1-5,8-9,13H,6-7,11-12H2,(H,22,23)/t13-/m0/s1. The van der Waals surface area contributed by atoms with Crippen molar-refractivity contribution in [2.24, 2.45) is 5.92 Å². The zero-order valence-corrected chi connectivity index (χ0v) is 13.1. The average molecular weight is 324 g/mol. The van der Waals surface area contributed by atoms with Gasteiger partial charge in [-0.3, -0.25) is 4.79 Å². The van der Waals surface area contributed by atoms with Crippen molar-refractivity contribution in [3.8, 4) is 17.2 Å². The molecule has 0 unspecified atom stereocenters. The van der Waals surface area contributed by atoms with Gasteiger partial charge in [0.05, 0.1) is 12.2 Å². The van der Waals surface area contributed by atoms with E-state index < -0.39 is 5.82 Å². The van der Waals surface area contributed by atoms with Crippen molar-refractivity contribution in [1.82, 2.24) is 5.32 Å². The summed E-state index contributed by atoms with van der Waals surface area (Å²) in [6.07, 6.45) is 0.965. The van der Waals surface area contributed by atoms with Crippen LogP contribution in [0, 0.1) is 23.1 Å². The number of ether oxygens (including phenoxy) is 1. The van der Waals surface area contributed by atoms with Crippen LogP contribution in [0.5, 0.6) is 0 Å². The lowest BCUT2D eigenvalue weighted by Crippen LogP contribution is -2.29. The Morgan fingerprint density at radius 2 is 2.12 bits per heavy atom. The van der Waals surface area contributed by atoms with E-state index in [0.29, 0.717) is 30.2 Å². The van der Waals surface area contributed by atoms with E-state index in [1.54, 1.807) is 24.3 Å². The van der Waals surface area contributed by atoms with Crippen molar-refractivity contribution in [3.63, 3.8) is 0 Å². The predicted molar refractivity (Wildman–Crippen MR) is 87.8 cm³/mol. The fraction of sp³-hybridized carbons (Fsp3) is 0.263. The summed E-state index contributed by atoms with van der Waals surface area (Å²) in [6, 6.07) is 13.3. The van der Waals surface area contributed by atoms with Crippen LogP contribution in [-0.2, 0) is 4.74 Å². The number of rotatable bonds is 4. The molecule has 1 aliphatic heterocycles. The van der Waals surface area contributed by atoms with Crippen molar-refractivity contribution < 1.29 is 13.9 Å². The molecule has 4 nitrogen and oxygen atoms in total. The molecule has 0 spiro atoms. The van der Waals surface area contributed by atoms with Crippen molar-refractivity contribution in [1.29, 1.82) is 5.26 Å². The summed E-state index contributed by atoms with van der Waals surface area (Å²) in [5.41, 5.74) is 1.99. The molecule has 1 N–H and O–H groups in total. The number of nitrogens with one attached hydrogen (secondary N) is 1. The first-order valence-corrected chi connectivity index (χ1v) is 7.83. The van der Waals surface area contributed by atoms with Gasteiger partial charge in [-0.25, -0.2) is 4.39 Å². The largest absolute Gasteiger partial charge is 0.381 e. The third-order valence-corrected chi connectivity index (χ3v) is 4.12. The highest BCUT2D eigenvalue weighted by atomic mass is 19.1. The minimum absolute atomic E-state index is 0.0106. The van der Waals surface area contributed by atoms with Crippen LogP contribution in [0.1, 0.15) is 22.3 Å². The summed E-state index contributed by atoms with van der Waals surface area (Å²) >= 11 is 0. The van der Waals surface area contributed by atoms with E-state index in [2.05, 4.69) is 5.32 Å². The first-order chi connectivity index (χ1) is 11.7. The SMILES string of the molecule is N#Cc1cc(-c2cccc(C(=O)NC[C@@H]3CCOC3)c2)ccc1F. The molecular weight excluding hydrogens is 307 g/mol. The Labute approximate surface area is 139 Å². The summed E-state index contributed by atoms with van der Waals surface area (Å²) in [4.78, 5) is 12.3. The summed E-state index contributed by atoms with van der Waals surface area (Å²) in [6.45, 7) is 2.03. The number of benzene rings is 2. The fourth-order valence-electron chi connectivity index (χ4n) is 2.71. The van der Waals surface area contributed by atoms with Crippen LogP contribution in [0.4, 0.5) is 4.39 Å². The molecule has 2 aromatic rings. The van der Waals surface area contributed by atoms with Crippen LogP contribution in [0.2, 0.25) is 0 Å². The summed E-state index contributed by atoms with van der Waals surface area (Å²) in [5, 5.41) is 11.9. The third kappa shape index (κ3) is 3.61.